The van der Waals surface area contributed by atoms with Crippen molar-refractivity contribution in [3.05, 3.63) is 65.5 Å². The van der Waals surface area contributed by atoms with E-state index in [4.69, 9.17) is 0 Å². The highest BCUT2D eigenvalue weighted by Gasteiger charge is 2.71. The predicted octanol–water partition coefficient (Wildman–Crippen LogP) is 3.47. The molecule has 0 aromatic heterocycles. The Morgan fingerprint density at radius 2 is 1.34 bits per heavy atom. The smallest absolute Gasteiger partial charge is 0.369 e. The second-order valence-corrected chi connectivity index (χ2v) is 12.3. The monoisotopic (exact) mass is 549 g/mol. The lowest BCUT2D eigenvalue weighted by Crippen LogP contribution is -2.54. The minimum absolute atomic E-state index is 0.293. The predicted molar refractivity (Wildman–Crippen MR) is 109 cm³/mol. The summed E-state index contributed by atoms with van der Waals surface area (Å²) in [6.45, 7) is -0.996. The van der Waals surface area contributed by atoms with Crippen LogP contribution in [0.2, 0.25) is 0 Å². The summed E-state index contributed by atoms with van der Waals surface area (Å²) in [7, 11) is -8.48. The molecule has 0 amide bonds. The van der Waals surface area contributed by atoms with Gasteiger partial charge in [0.25, 0.3) is 5.60 Å². The number of benzene rings is 2. The number of aliphatic hydroxyl groups is 1. The van der Waals surface area contributed by atoms with E-state index < -0.39 is 65.4 Å². The fourth-order valence-corrected chi connectivity index (χ4v) is 7.02. The molecule has 15 heteroatoms. The summed E-state index contributed by atoms with van der Waals surface area (Å²) < 4.78 is 143. The van der Waals surface area contributed by atoms with Gasteiger partial charge in [0, 0.05) is 18.7 Å². The molecule has 0 bridgehead atoms. The van der Waals surface area contributed by atoms with Gasteiger partial charge in [-0.25, -0.2) is 25.5 Å². The van der Waals surface area contributed by atoms with Gasteiger partial charge in [-0.2, -0.15) is 26.3 Å². The summed E-state index contributed by atoms with van der Waals surface area (Å²) in [6.07, 6.45) is -11.9. The lowest BCUT2D eigenvalue weighted by atomic mass is 9.89. The van der Waals surface area contributed by atoms with Gasteiger partial charge in [0.1, 0.15) is 10.6 Å². The van der Waals surface area contributed by atoms with Gasteiger partial charge >= 0.3 is 12.4 Å². The van der Waals surface area contributed by atoms with Crippen molar-refractivity contribution in [2.75, 3.05) is 19.3 Å². The fourth-order valence-electron chi connectivity index (χ4n) is 3.98. The Kier molecular flexibility index (Phi) is 6.58. The van der Waals surface area contributed by atoms with Crippen molar-refractivity contribution in [1.82, 2.24) is 4.31 Å². The maximum Gasteiger partial charge on any atom is 0.430 e. The number of nitrogens with zero attached hydrogens (tertiary/aromatic N) is 1. The van der Waals surface area contributed by atoms with Crippen LogP contribution < -0.4 is 0 Å². The molecule has 6 nitrogen and oxygen atoms in total. The van der Waals surface area contributed by atoms with Crippen LogP contribution in [0.4, 0.5) is 30.7 Å². The van der Waals surface area contributed by atoms with Crippen LogP contribution in [-0.4, -0.2) is 57.9 Å². The Hall–Kier alpha value is -2.23. The van der Waals surface area contributed by atoms with Crippen LogP contribution in [-0.2, 0) is 30.2 Å². The first kappa shape index (κ1) is 27.4. The number of sulfone groups is 1. The average Bonchev–Trinajstić information content (AvgIpc) is 3.20. The third-order valence-electron chi connectivity index (χ3n) is 5.95. The first-order valence-corrected chi connectivity index (χ1v) is 13.0. The minimum atomic E-state index is -6.15. The molecule has 1 unspecified atom stereocenters. The van der Waals surface area contributed by atoms with Crippen molar-refractivity contribution in [3.63, 3.8) is 0 Å². The van der Waals surface area contributed by atoms with E-state index in [1.165, 1.54) is 0 Å². The summed E-state index contributed by atoms with van der Waals surface area (Å²) in [5, 5.41) is 9.60. The van der Waals surface area contributed by atoms with Gasteiger partial charge in [0.05, 0.1) is 11.2 Å². The number of sulfonamides is 1. The van der Waals surface area contributed by atoms with Gasteiger partial charge in [-0.1, -0.05) is 24.3 Å². The zero-order chi connectivity index (χ0) is 26.7. The molecule has 3 rings (SSSR count). The molecular formula is C20H18F7NO5S2. The van der Waals surface area contributed by atoms with Crippen LogP contribution in [0.3, 0.4) is 0 Å². The van der Waals surface area contributed by atoms with Crippen molar-refractivity contribution < 1.29 is 52.7 Å². The molecule has 1 aliphatic heterocycles. The van der Waals surface area contributed by atoms with E-state index in [2.05, 4.69) is 0 Å². The van der Waals surface area contributed by atoms with Gasteiger partial charge in [-0.3, -0.25) is 0 Å². The average molecular weight is 549 g/mol. The lowest BCUT2D eigenvalue weighted by Gasteiger charge is -2.34. The molecule has 0 saturated carbocycles. The summed E-state index contributed by atoms with van der Waals surface area (Å²) in [5.41, 5.74) is -7.13. The highest BCUT2D eigenvalue weighted by atomic mass is 32.2. The highest BCUT2D eigenvalue weighted by molar-refractivity contribution is 7.92. The van der Waals surface area contributed by atoms with Crippen LogP contribution in [0.1, 0.15) is 17.5 Å². The summed E-state index contributed by atoms with van der Waals surface area (Å²) in [5.74, 6) is -0.773. The van der Waals surface area contributed by atoms with Crippen molar-refractivity contribution in [2.45, 2.75) is 34.0 Å². The zero-order valence-corrected chi connectivity index (χ0v) is 19.4. The second-order valence-electron chi connectivity index (χ2n) is 8.08. The quantitative estimate of drug-likeness (QED) is 0.456. The van der Waals surface area contributed by atoms with E-state index in [1.807, 2.05) is 0 Å². The van der Waals surface area contributed by atoms with Crippen molar-refractivity contribution >= 4 is 19.9 Å². The van der Waals surface area contributed by atoms with Crippen LogP contribution in [0, 0.1) is 5.82 Å². The Morgan fingerprint density at radius 3 is 1.74 bits per heavy atom. The van der Waals surface area contributed by atoms with Crippen molar-refractivity contribution in [3.8, 4) is 0 Å². The summed E-state index contributed by atoms with van der Waals surface area (Å²) in [6, 6.07) is 5.42. The molecule has 1 saturated heterocycles. The number of rotatable bonds is 5. The SMILES string of the molecule is CS(=O)(=O)N1CCC(c2ccc(C(O)(C(F)(F)F)C(F)(F)F)cc2)(S(=O)(=O)c2ccc(F)cc2)C1. The number of alkyl halides is 6. The molecule has 0 spiro atoms. The zero-order valence-electron chi connectivity index (χ0n) is 17.7. The third-order valence-corrected chi connectivity index (χ3v) is 9.69. The maximum atomic E-state index is 13.6. The third kappa shape index (κ3) is 4.42. The molecule has 0 radical (unpaired) electrons. The topological polar surface area (TPSA) is 91.8 Å². The first-order chi connectivity index (χ1) is 15.8. The highest BCUT2D eigenvalue weighted by Crippen LogP contribution is 2.51. The molecule has 1 aliphatic rings. The number of hydrogen-bond donors (Lipinski definition) is 1. The number of hydrogen-bond acceptors (Lipinski definition) is 5. The molecule has 1 N–H and O–H groups in total. The number of halogens is 7. The van der Waals surface area contributed by atoms with E-state index >= 15 is 0 Å². The largest absolute Gasteiger partial charge is 0.430 e. The van der Waals surface area contributed by atoms with Crippen LogP contribution in [0.5, 0.6) is 0 Å². The van der Waals surface area contributed by atoms with E-state index in [0.29, 0.717) is 24.3 Å². The molecule has 0 aliphatic carbocycles. The Morgan fingerprint density at radius 1 is 0.857 bits per heavy atom. The molecular weight excluding hydrogens is 531 g/mol. The summed E-state index contributed by atoms with van der Waals surface area (Å²) >= 11 is 0. The molecule has 194 valence electrons. The molecule has 1 fully saturated rings. The Bertz CT molecular complexity index is 1290. The molecule has 35 heavy (non-hydrogen) atoms. The van der Waals surface area contributed by atoms with Gasteiger partial charge in [0.15, 0.2) is 9.84 Å². The molecule has 1 atom stereocenters. The van der Waals surface area contributed by atoms with Gasteiger partial charge in [-0.05, 0) is 36.2 Å². The van der Waals surface area contributed by atoms with Crippen LogP contribution in [0.15, 0.2) is 53.4 Å². The molecule has 1 heterocycles. The minimum Gasteiger partial charge on any atom is -0.369 e. The Labute approximate surface area is 196 Å². The van der Waals surface area contributed by atoms with Crippen molar-refractivity contribution in [2.24, 2.45) is 0 Å². The molecule has 2 aromatic rings. The Balaban J connectivity index is 2.21. The van der Waals surface area contributed by atoms with Gasteiger partial charge in [-0.15, -0.1) is 0 Å². The van der Waals surface area contributed by atoms with E-state index in [9.17, 15) is 52.7 Å². The summed E-state index contributed by atoms with van der Waals surface area (Å²) in [4.78, 5) is -0.430. The first-order valence-electron chi connectivity index (χ1n) is 9.69. The van der Waals surface area contributed by atoms with E-state index in [1.54, 1.807) is 0 Å². The second kappa shape index (κ2) is 8.42. The van der Waals surface area contributed by atoms with E-state index in [0.717, 1.165) is 34.8 Å². The lowest BCUT2D eigenvalue weighted by molar-refractivity contribution is -0.376. The normalized spacial score (nSPS) is 20.8. The maximum absolute atomic E-state index is 13.6. The fraction of sp³-hybridized carbons (Fsp3) is 0.400. The van der Waals surface area contributed by atoms with Crippen LogP contribution in [0.25, 0.3) is 0 Å². The van der Waals surface area contributed by atoms with Gasteiger partial charge < -0.3 is 5.11 Å². The van der Waals surface area contributed by atoms with Gasteiger partial charge in [0.2, 0.25) is 10.0 Å². The molecule has 2 aromatic carbocycles. The van der Waals surface area contributed by atoms with Crippen molar-refractivity contribution in [1.29, 1.82) is 0 Å². The van der Waals surface area contributed by atoms with Crippen LogP contribution >= 0.6 is 0 Å². The van der Waals surface area contributed by atoms with E-state index in [-0.39, 0.29) is 18.5 Å². The standard InChI is InChI=1S/C20H18F7NO5S2/c1-34(30,31)28-11-10-17(12-28,35(32,33)16-8-6-15(21)7-9-16)13-2-4-14(5-3-13)18(29,19(22,23)24)20(25,26)27/h2-9,29H,10-12H2,1H3.